The van der Waals surface area contributed by atoms with Crippen molar-refractivity contribution in [1.29, 1.82) is 0 Å². The molecule has 0 aliphatic rings. The van der Waals surface area contributed by atoms with Gasteiger partial charge in [0.25, 0.3) is 0 Å². The number of fused-ring (bicyclic) bond motifs is 5. The molecule has 0 saturated carbocycles. The van der Waals surface area contributed by atoms with Gasteiger partial charge in [-0.1, -0.05) is 48.5 Å². The van der Waals surface area contributed by atoms with Crippen molar-refractivity contribution >= 4 is 70.5 Å². The Morgan fingerprint density at radius 2 is 1.34 bits per heavy atom. The molecule has 7 heteroatoms. The Kier molecular flexibility index (Phi) is 5.36. The summed E-state index contributed by atoms with van der Waals surface area (Å²) in [5.74, 6) is 0.510. The molecular formula is C34H20N4O2S. The fraction of sp³-hybridized carbons (Fsp3) is 0. The summed E-state index contributed by atoms with van der Waals surface area (Å²) in [5.41, 5.74) is 4.98. The number of nitrogens with zero attached hydrogens (tertiary/aromatic N) is 4. The van der Waals surface area contributed by atoms with E-state index in [-0.39, 0.29) is 5.43 Å². The summed E-state index contributed by atoms with van der Waals surface area (Å²) in [7, 11) is 0. The first kappa shape index (κ1) is 23.5. The van der Waals surface area contributed by atoms with Crippen LogP contribution in [0.1, 0.15) is 0 Å². The van der Waals surface area contributed by atoms with E-state index in [1.165, 1.54) is 12.7 Å². The Morgan fingerprint density at radius 1 is 0.634 bits per heavy atom. The fourth-order valence-corrected chi connectivity index (χ4v) is 6.64. The van der Waals surface area contributed by atoms with Gasteiger partial charge in [-0.3, -0.25) is 4.79 Å². The van der Waals surface area contributed by atoms with Gasteiger partial charge in [-0.25, -0.2) is 15.0 Å². The van der Waals surface area contributed by atoms with Crippen molar-refractivity contribution in [2.45, 2.75) is 0 Å². The van der Waals surface area contributed by atoms with Gasteiger partial charge in [0.15, 0.2) is 5.82 Å². The van der Waals surface area contributed by atoms with Crippen molar-refractivity contribution in [2.24, 2.45) is 0 Å². The highest BCUT2D eigenvalue weighted by atomic mass is 32.1. The summed E-state index contributed by atoms with van der Waals surface area (Å²) < 4.78 is 8.47. The topological polar surface area (TPSA) is 72.1 Å². The lowest BCUT2D eigenvalue weighted by molar-refractivity contribution is 0.660. The van der Waals surface area contributed by atoms with Crippen LogP contribution in [0.2, 0.25) is 0 Å². The molecule has 194 valence electrons. The summed E-state index contributed by atoms with van der Waals surface area (Å²) in [5, 5.41) is 3.23. The number of para-hydroxylation sites is 2. The van der Waals surface area contributed by atoms with E-state index in [1.54, 1.807) is 23.5 Å². The zero-order valence-corrected chi connectivity index (χ0v) is 22.4. The van der Waals surface area contributed by atoms with Crippen LogP contribution in [0, 0.1) is 0 Å². The number of thiophene rings is 1. The summed E-state index contributed by atoms with van der Waals surface area (Å²) in [6, 6.07) is 36.5. The molecule has 6 nitrogen and oxygen atoms in total. The van der Waals surface area contributed by atoms with Gasteiger partial charge in [0.1, 0.15) is 23.8 Å². The minimum atomic E-state index is -0.0769. The van der Waals surface area contributed by atoms with Gasteiger partial charge in [-0.2, -0.15) is 0 Å². The van der Waals surface area contributed by atoms with E-state index < -0.39 is 0 Å². The molecule has 0 atom stereocenters. The third-order valence-electron chi connectivity index (χ3n) is 7.29. The second kappa shape index (κ2) is 9.36. The van der Waals surface area contributed by atoms with Gasteiger partial charge in [0.2, 0.25) is 5.43 Å². The maximum absolute atomic E-state index is 13.8. The fourth-order valence-electron chi connectivity index (χ4n) is 5.42. The highest BCUT2D eigenvalue weighted by molar-refractivity contribution is 7.26. The Hall–Kier alpha value is -5.40. The van der Waals surface area contributed by atoms with Gasteiger partial charge in [-0.15, -0.1) is 11.3 Å². The van der Waals surface area contributed by atoms with Crippen LogP contribution in [0.4, 0.5) is 17.1 Å². The first-order valence-corrected chi connectivity index (χ1v) is 13.9. The van der Waals surface area contributed by atoms with Crippen molar-refractivity contribution < 1.29 is 4.42 Å². The molecular weight excluding hydrogens is 528 g/mol. The van der Waals surface area contributed by atoms with Crippen molar-refractivity contribution in [1.82, 2.24) is 15.0 Å². The molecule has 3 heterocycles. The molecule has 0 radical (unpaired) electrons. The Labute approximate surface area is 237 Å². The van der Waals surface area contributed by atoms with Crippen LogP contribution < -0.4 is 10.3 Å². The van der Waals surface area contributed by atoms with Crippen molar-refractivity contribution in [2.75, 3.05) is 4.90 Å². The van der Waals surface area contributed by atoms with Crippen LogP contribution in [0.15, 0.2) is 131 Å². The predicted molar refractivity (Wildman–Crippen MR) is 166 cm³/mol. The summed E-state index contributed by atoms with van der Waals surface area (Å²) in [6.07, 6.45) is 2.89. The standard InChI is InChI=1S/C34H20N4O2S/c39-32-26-16-21(34-36-19-35-20-37-34)14-15-29(26)40-30-17-25-24-12-7-13-28(33(24)41-31(25)18-27(30)32)38(22-8-3-1-4-9-22)23-10-5-2-6-11-23/h1-20H. The number of rotatable bonds is 4. The summed E-state index contributed by atoms with van der Waals surface area (Å²) in [4.78, 5) is 28.4. The summed E-state index contributed by atoms with van der Waals surface area (Å²) in [6.45, 7) is 0. The predicted octanol–water partition coefficient (Wildman–Crippen LogP) is 8.64. The highest BCUT2D eigenvalue weighted by Gasteiger charge is 2.19. The van der Waals surface area contributed by atoms with Crippen LogP contribution in [0.3, 0.4) is 0 Å². The smallest absolute Gasteiger partial charge is 0.200 e. The second-order valence-corrected chi connectivity index (χ2v) is 10.8. The molecule has 0 N–H and O–H groups in total. The van der Waals surface area contributed by atoms with E-state index in [2.05, 4.69) is 86.6 Å². The first-order valence-electron chi connectivity index (χ1n) is 13.1. The molecule has 0 amide bonds. The highest BCUT2D eigenvalue weighted by Crippen LogP contribution is 2.45. The van der Waals surface area contributed by atoms with E-state index in [4.69, 9.17) is 4.42 Å². The van der Waals surface area contributed by atoms with E-state index in [0.29, 0.717) is 27.8 Å². The van der Waals surface area contributed by atoms with Crippen molar-refractivity contribution in [3.05, 3.63) is 132 Å². The van der Waals surface area contributed by atoms with Crippen LogP contribution >= 0.6 is 11.3 Å². The van der Waals surface area contributed by atoms with E-state index in [9.17, 15) is 4.79 Å². The molecule has 0 aliphatic heterocycles. The van der Waals surface area contributed by atoms with Gasteiger partial charge >= 0.3 is 0 Å². The molecule has 0 saturated heterocycles. The molecule has 0 bridgehead atoms. The van der Waals surface area contributed by atoms with E-state index in [1.807, 2.05) is 30.3 Å². The molecule has 0 unspecified atom stereocenters. The molecule has 0 aliphatic carbocycles. The van der Waals surface area contributed by atoms with Crippen molar-refractivity contribution in [3.8, 4) is 11.4 Å². The summed E-state index contributed by atoms with van der Waals surface area (Å²) >= 11 is 1.69. The second-order valence-electron chi connectivity index (χ2n) is 9.71. The zero-order valence-electron chi connectivity index (χ0n) is 21.6. The first-order chi connectivity index (χ1) is 20.2. The average molecular weight is 549 g/mol. The number of hydrogen-bond donors (Lipinski definition) is 0. The minimum Gasteiger partial charge on any atom is -0.456 e. The number of hydrogen-bond acceptors (Lipinski definition) is 7. The minimum absolute atomic E-state index is 0.0769. The van der Waals surface area contributed by atoms with Crippen LogP contribution in [-0.2, 0) is 0 Å². The quantitative estimate of drug-likeness (QED) is 0.205. The Bertz CT molecular complexity index is 2240. The lowest BCUT2D eigenvalue weighted by atomic mass is 10.1. The molecule has 8 aromatic rings. The maximum Gasteiger partial charge on any atom is 0.200 e. The van der Waals surface area contributed by atoms with Crippen LogP contribution in [0.25, 0.3) is 53.5 Å². The van der Waals surface area contributed by atoms with Gasteiger partial charge in [-0.05, 0) is 60.7 Å². The van der Waals surface area contributed by atoms with Gasteiger partial charge < -0.3 is 9.32 Å². The molecule has 0 spiro atoms. The SMILES string of the molecule is O=c1c2cc(-c3ncncn3)ccc2oc2cc3c(cc12)sc1c(N(c2ccccc2)c2ccccc2)cccc13. The zero-order chi connectivity index (χ0) is 27.3. The van der Waals surface area contributed by atoms with E-state index >= 15 is 0 Å². The lowest BCUT2D eigenvalue weighted by Gasteiger charge is -2.25. The monoisotopic (exact) mass is 548 g/mol. The Morgan fingerprint density at radius 3 is 2.07 bits per heavy atom. The maximum atomic E-state index is 13.8. The molecule has 5 aromatic carbocycles. The van der Waals surface area contributed by atoms with E-state index in [0.717, 1.165) is 42.8 Å². The molecule has 41 heavy (non-hydrogen) atoms. The number of aromatic nitrogens is 3. The Balaban J connectivity index is 1.36. The van der Waals surface area contributed by atoms with Gasteiger partial charge in [0.05, 0.1) is 21.2 Å². The molecule has 0 fully saturated rings. The lowest BCUT2D eigenvalue weighted by Crippen LogP contribution is -2.09. The molecule has 3 aromatic heterocycles. The van der Waals surface area contributed by atoms with Gasteiger partial charge in [0, 0.05) is 32.4 Å². The largest absolute Gasteiger partial charge is 0.456 e. The van der Waals surface area contributed by atoms with Crippen LogP contribution in [0.5, 0.6) is 0 Å². The number of benzene rings is 5. The number of anilines is 3. The molecule has 8 rings (SSSR count). The normalized spacial score (nSPS) is 11.5. The third kappa shape index (κ3) is 3.86. The third-order valence-corrected chi connectivity index (χ3v) is 8.48. The van der Waals surface area contributed by atoms with Crippen molar-refractivity contribution in [3.63, 3.8) is 0 Å². The van der Waals surface area contributed by atoms with Crippen LogP contribution in [-0.4, -0.2) is 15.0 Å². The average Bonchev–Trinajstić information content (AvgIpc) is 3.40.